The Morgan fingerprint density at radius 2 is 2.06 bits per heavy atom. The van der Waals surface area contributed by atoms with Crippen LogP contribution in [0.2, 0.25) is 0 Å². The molecule has 0 aliphatic heterocycles. The molecule has 1 aromatic carbocycles. The largest absolute Gasteiger partial charge is 0.492 e. The SMILES string of the molecule is CCCOCc1cc(C)ccc1OCCNC. The Morgan fingerprint density at radius 3 is 2.76 bits per heavy atom. The first-order chi connectivity index (χ1) is 8.27. The summed E-state index contributed by atoms with van der Waals surface area (Å²) in [6.07, 6.45) is 1.04. The molecule has 1 N–H and O–H groups in total. The van der Waals surface area contributed by atoms with E-state index in [2.05, 4.69) is 31.3 Å². The molecule has 0 aromatic heterocycles. The average Bonchev–Trinajstić information content (AvgIpc) is 2.32. The van der Waals surface area contributed by atoms with Crippen molar-refractivity contribution < 1.29 is 9.47 Å². The van der Waals surface area contributed by atoms with Gasteiger partial charge in [-0.25, -0.2) is 0 Å². The first-order valence-electron chi connectivity index (χ1n) is 6.22. The predicted octanol–water partition coefficient (Wildman–Crippen LogP) is 2.52. The third kappa shape index (κ3) is 5.20. The number of hydrogen-bond donors (Lipinski definition) is 1. The normalized spacial score (nSPS) is 10.5. The standard InChI is InChI=1S/C14H23NO2/c1-4-8-16-11-13-10-12(2)5-6-14(13)17-9-7-15-3/h5-6,10,15H,4,7-9,11H2,1-3H3. The molecule has 0 atom stereocenters. The zero-order valence-electron chi connectivity index (χ0n) is 11.1. The van der Waals surface area contributed by atoms with E-state index in [1.165, 1.54) is 5.56 Å². The molecule has 0 aliphatic carbocycles. The van der Waals surface area contributed by atoms with E-state index in [9.17, 15) is 0 Å². The zero-order valence-corrected chi connectivity index (χ0v) is 11.1. The number of nitrogens with one attached hydrogen (secondary N) is 1. The van der Waals surface area contributed by atoms with Crippen LogP contribution in [0, 0.1) is 6.92 Å². The molecule has 3 heteroatoms. The highest BCUT2D eigenvalue weighted by molar-refractivity contribution is 5.36. The summed E-state index contributed by atoms with van der Waals surface area (Å²) < 4.78 is 11.3. The van der Waals surface area contributed by atoms with E-state index in [1.807, 2.05) is 13.1 Å². The van der Waals surface area contributed by atoms with Gasteiger partial charge in [-0.2, -0.15) is 0 Å². The lowest BCUT2D eigenvalue weighted by Gasteiger charge is -2.12. The molecule has 0 radical (unpaired) electrons. The third-order valence-electron chi connectivity index (χ3n) is 2.43. The van der Waals surface area contributed by atoms with Crippen LogP contribution in [0.25, 0.3) is 0 Å². The number of rotatable bonds is 8. The minimum atomic E-state index is 0.629. The Labute approximate surface area is 104 Å². The number of hydrogen-bond acceptors (Lipinski definition) is 3. The van der Waals surface area contributed by atoms with Gasteiger partial charge in [-0.3, -0.25) is 0 Å². The average molecular weight is 237 g/mol. The van der Waals surface area contributed by atoms with Crippen molar-refractivity contribution in [2.75, 3.05) is 26.8 Å². The Balaban J connectivity index is 2.59. The fourth-order valence-corrected chi connectivity index (χ4v) is 1.55. The van der Waals surface area contributed by atoms with Crippen LogP contribution in [0.5, 0.6) is 5.75 Å². The van der Waals surface area contributed by atoms with Gasteiger partial charge in [-0.1, -0.05) is 24.6 Å². The van der Waals surface area contributed by atoms with E-state index in [0.717, 1.165) is 30.9 Å². The molecule has 0 fully saturated rings. The Morgan fingerprint density at radius 1 is 1.24 bits per heavy atom. The third-order valence-corrected chi connectivity index (χ3v) is 2.43. The second-order valence-electron chi connectivity index (χ2n) is 4.12. The van der Waals surface area contributed by atoms with Gasteiger partial charge in [0.25, 0.3) is 0 Å². The van der Waals surface area contributed by atoms with Gasteiger partial charge < -0.3 is 14.8 Å². The van der Waals surface area contributed by atoms with Gasteiger partial charge in [0.2, 0.25) is 0 Å². The second kappa shape index (κ2) is 8.09. The van der Waals surface area contributed by atoms with Gasteiger partial charge in [-0.05, 0) is 26.5 Å². The maximum Gasteiger partial charge on any atom is 0.124 e. The van der Waals surface area contributed by atoms with Crippen LogP contribution in [-0.2, 0) is 11.3 Å². The fraction of sp³-hybridized carbons (Fsp3) is 0.571. The highest BCUT2D eigenvalue weighted by atomic mass is 16.5. The summed E-state index contributed by atoms with van der Waals surface area (Å²) in [4.78, 5) is 0. The molecule has 0 aliphatic rings. The Kier molecular flexibility index (Phi) is 6.67. The summed E-state index contributed by atoms with van der Waals surface area (Å²) in [6, 6.07) is 6.22. The summed E-state index contributed by atoms with van der Waals surface area (Å²) in [6.45, 7) is 7.15. The van der Waals surface area contributed by atoms with E-state index in [4.69, 9.17) is 9.47 Å². The molecule has 0 spiro atoms. The van der Waals surface area contributed by atoms with E-state index in [0.29, 0.717) is 13.2 Å². The second-order valence-corrected chi connectivity index (χ2v) is 4.12. The quantitative estimate of drug-likeness (QED) is 0.705. The van der Waals surface area contributed by atoms with Crippen molar-refractivity contribution in [3.8, 4) is 5.75 Å². The monoisotopic (exact) mass is 237 g/mol. The van der Waals surface area contributed by atoms with E-state index in [-0.39, 0.29) is 0 Å². The van der Waals surface area contributed by atoms with Crippen LogP contribution in [0.15, 0.2) is 18.2 Å². The van der Waals surface area contributed by atoms with Gasteiger partial charge in [0.15, 0.2) is 0 Å². The Bertz CT molecular complexity index is 326. The van der Waals surface area contributed by atoms with Crippen molar-refractivity contribution in [3.63, 3.8) is 0 Å². The molecule has 0 saturated heterocycles. The molecular formula is C14H23NO2. The zero-order chi connectivity index (χ0) is 12.5. The van der Waals surface area contributed by atoms with Gasteiger partial charge in [0.05, 0.1) is 6.61 Å². The minimum absolute atomic E-state index is 0.629. The molecule has 0 saturated carbocycles. The van der Waals surface area contributed by atoms with Gasteiger partial charge in [0.1, 0.15) is 12.4 Å². The molecule has 3 nitrogen and oxygen atoms in total. The van der Waals surface area contributed by atoms with Crippen LogP contribution in [0.1, 0.15) is 24.5 Å². The van der Waals surface area contributed by atoms with Crippen molar-refractivity contribution in [1.82, 2.24) is 5.32 Å². The number of benzene rings is 1. The predicted molar refractivity (Wildman–Crippen MR) is 70.5 cm³/mol. The van der Waals surface area contributed by atoms with E-state index >= 15 is 0 Å². The smallest absolute Gasteiger partial charge is 0.124 e. The summed E-state index contributed by atoms with van der Waals surface area (Å²) in [7, 11) is 1.92. The number of likely N-dealkylation sites (N-methyl/N-ethyl adjacent to an activating group) is 1. The molecule has 17 heavy (non-hydrogen) atoms. The van der Waals surface area contributed by atoms with Crippen molar-refractivity contribution in [3.05, 3.63) is 29.3 Å². The lowest BCUT2D eigenvalue weighted by molar-refractivity contribution is 0.119. The fourth-order valence-electron chi connectivity index (χ4n) is 1.55. The molecule has 0 amide bonds. The molecule has 0 bridgehead atoms. The van der Waals surface area contributed by atoms with Crippen LogP contribution in [0.3, 0.4) is 0 Å². The van der Waals surface area contributed by atoms with Gasteiger partial charge in [-0.15, -0.1) is 0 Å². The number of ether oxygens (including phenoxy) is 2. The molecule has 96 valence electrons. The highest BCUT2D eigenvalue weighted by Crippen LogP contribution is 2.21. The lowest BCUT2D eigenvalue weighted by Crippen LogP contribution is -2.16. The first-order valence-corrected chi connectivity index (χ1v) is 6.22. The van der Waals surface area contributed by atoms with Crippen molar-refractivity contribution in [1.29, 1.82) is 0 Å². The van der Waals surface area contributed by atoms with Gasteiger partial charge >= 0.3 is 0 Å². The molecular weight excluding hydrogens is 214 g/mol. The van der Waals surface area contributed by atoms with Crippen molar-refractivity contribution in [2.24, 2.45) is 0 Å². The Hall–Kier alpha value is -1.06. The molecule has 1 rings (SSSR count). The van der Waals surface area contributed by atoms with Crippen LogP contribution in [0.4, 0.5) is 0 Å². The van der Waals surface area contributed by atoms with Crippen LogP contribution < -0.4 is 10.1 Å². The summed E-state index contributed by atoms with van der Waals surface area (Å²) in [5, 5.41) is 3.06. The minimum Gasteiger partial charge on any atom is -0.492 e. The summed E-state index contributed by atoms with van der Waals surface area (Å²) >= 11 is 0. The molecule has 0 unspecified atom stereocenters. The van der Waals surface area contributed by atoms with Gasteiger partial charge in [0, 0.05) is 18.7 Å². The van der Waals surface area contributed by atoms with E-state index in [1.54, 1.807) is 0 Å². The summed E-state index contributed by atoms with van der Waals surface area (Å²) in [5.74, 6) is 0.932. The van der Waals surface area contributed by atoms with Crippen LogP contribution in [-0.4, -0.2) is 26.8 Å². The molecule has 1 aromatic rings. The highest BCUT2D eigenvalue weighted by Gasteiger charge is 2.04. The summed E-state index contributed by atoms with van der Waals surface area (Å²) in [5.41, 5.74) is 2.37. The van der Waals surface area contributed by atoms with Crippen LogP contribution >= 0.6 is 0 Å². The van der Waals surface area contributed by atoms with Crippen molar-refractivity contribution >= 4 is 0 Å². The topological polar surface area (TPSA) is 30.5 Å². The maximum absolute atomic E-state index is 5.72. The maximum atomic E-state index is 5.72. The lowest BCUT2D eigenvalue weighted by atomic mass is 10.1. The number of aryl methyl sites for hydroxylation is 1. The van der Waals surface area contributed by atoms with E-state index < -0.39 is 0 Å². The first kappa shape index (κ1) is 14.0. The molecule has 0 heterocycles. The van der Waals surface area contributed by atoms with Crippen molar-refractivity contribution in [2.45, 2.75) is 26.9 Å².